The molecule has 1 heterocycles. The Hall–Kier alpha value is -0.540. The summed E-state index contributed by atoms with van der Waals surface area (Å²) >= 11 is 0. The Kier molecular flexibility index (Phi) is 3.27. The van der Waals surface area contributed by atoms with Crippen molar-refractivity contribution in [1.29, 1.82) is 0 Å². The molecular formula is C5H9ClN2O. The minimum Gasteiger partial charge on any atom is -0.445 e. The summed E-state index contributed by atoms with van der Waals surface area (Å²) < 4.78 is 5.00. The van der Waals surface area contributed by atoms with Gasteiger partial charge in [-0.25, -0.2) is 4.98 Å². The van der Waals surface area contributed by atoms with Gasteiger partial charge in [-0.3, -0.25) is 0 Å². The second kappa shape index (κ2) is 3.48. The summed E-state index contributed by atoms with van der Waals surface area (Å²) in [5, 5.41) is 0. The molecule has 9 heavy (non-hydrogen) atoms. The molecule has 0 unspecified atom stereocenters. The van der Waals surface area contributed by atoms with Crippen molar-refractivity contribution in [2.75, 3.05) is 0 Å². The minimum atomic E-state index is 0. The molecule has 0 radical (unpaired) electrons. The quantitative estimate of drug-likeness (QED) is 0.643. The van der Waals surface area contributed by atoms with E-state index in [1.165, 1.54) is 0 Å². The standard InChI is InChI=1S/C5H8N2O.ClH/c1-4-7-3-5(2-6)8-4;/h3H,2,6H2,1H3;1H. The van der Waals surface area contributed by atoms with Gasteiger partial charge in [-0.1, -0.05) is 0 Å². The fourth-order valence-corrected chi connectivity index (χ4v) is 0.500. The highest BCUT2D eigenvalue weighted by atomic mass is 35.5. The zero-order valence-corrected chi connectivity index (χ0v) is 5.94. The van der Waals surface area contributed by atoms with E-state index >= 15 is 0 Å². The molecule has 0 aliphatic heterocycles. The van der Waals surface area contributed by atoms with Gasteiger partial charge in [0.15, 0.2) is 5.89 Å². The Bertz CT molecular complexity index is 175. The van der Waals surface area contributed by atoms with E-state index in [1.807, 2.05) is 0 Å². The van der Waals surface area contributed by atoms with Gasteiger partial charge in [-0.15, -0.1) is 12.4 Å². The number of oxazole rings is 1. The van der Waals surface area contributed by atoms with Crippen molar-refractivity contribution in [3.8, 4) is 0 Å². The van der Waals surface area contributed by atoms with Crippen LogP contribution in [0.3, 0.4) is 0 Å². The number of aryl methyl sites for hydroxylation is 1. The van der Waals surface area contributed by atoms with Crippen LogP contribution in [-0.4, -0.2) is 4.98 Å². The Balaban J connectivity index is 0.000000640. The smallest absolute Gasteiger partial charge is 0.191 e. The SMILES string of the molecule is Cc1ncc(CN)o1.Cl. The van der Waals surface area contributed by atoms with E-state index in [-0.39, 0.29) is 12.4 Å². The van der Waals surface area contributed by atoms with Crippen LogP contribution in [0.4, 0.5) is 0 Å². The highest BCUT2D eigenvalue weighted by Crippen LogP contribution is 1.98. The first kappa shape index (κ1) is 8.46. The summed E-state index contributed by atoms with van der Waals surface area (Å²) in [5.74, 6) is 1.41. The third-order valence-corrected chi connectivity index (χ3v) is 0.870. The van der Waals surface area contributed by atoms with Gasteiger partial charge in [0.2, 0.25) is 0 Å². The average Bonchev–Trinajstić information content (AvgIpc) is 2.14. The number of rotatable bonds is 1. The molecular weight excluding hydrogens is 140 g/mol. The second-order valence-corrected chi connectivity index (χ2v) is 1.55. The van der Waals surface area contributed by atoms with Crippen LogP contribution in [0.5, 0.6) is 0 Å². The van der Waals surface area contributed by atoms with Crippen molar-refractivity contribution in [1.82, 2.24) is 4.98 Å². The van der Waals surface area contributed by atoms with Gasteiger partial charge < -0.3 is 10.2 Å². The minimum absolute atomic E-state index is 0. The lowest BCUT2D eigenvalue weighted by molar-refractivity contribution is 0.477. The van der Waals surface area contributed by atoms with Crippen molar-refractivity contribution in [3.63, 3.8) is 0 Å². The van der Waals surface area contributed by atoms with Gasteiger partial charge in [0.1, 0.15) is 5.76 Å². The van der Waals surface area contributed by atoms with E-state index in [2.05, 4.69) is 4.98 Å². The van der Waals surface area contributed by atoms with E-state index in [0.29, 0.717) is 12.4 Å². The predicted octanol–water partition coefficient (Wildman–Crippen LogP) is 0.864. The molecule has 3 nitrogen and oxygen atoms in total. The predicted molar refractivity (Wildman–Crippen MR) is 36.4 cm³/mol. The number of nitrogens with zero attached hydrogens (tertiary/aromatic N) is 1. The first-order chi connectivity index (χ1) is 3.83. The average molecular weight is 149 g/mol. The molecule has 0 aliphatic rings. The van der Waals surface area contributed by atoms with Gasteiger partial charge in [0, 0.05) is 6.92 Å². The molecule has 0 saturated carbocycles. The van der Waals surface area contributed by atoms with Crippen LogP contribution in [0.1, 0.15) is 11.7 Å². The summed E-state index contributed by atoms with van der Waals surface area (Å²) in [6.45, 7) is 2.22. The zero-order chi connectivity index (χ0) is 5.98. The second-order valence-electron chi connectivity index (χ2n) is 1.55. The van der Waals surface area contributed by atoms with Crippen molar-refractivity contribution < 1.29 is 4.42 Å². The Labute approximate surface area is 59.7 Å². The molecule has 0 amide bonds. The highest BCUT2D eigenvalue weighted by Gasteiger charge is 1.92. The summed E-state index contributed by atoms with van der Waals surface area (Å²) in [5.41, 5.74) is 5.23. The molecule has 0 atom stereocenters. The summed E-state index contributed by atoms with van der Waals surface area (Å²) in [6.07, 6.45) is 1.63. The monoisotopic (exact) mass is 148 g/mol. The number of hydrogen-bond donors (Lipinski definition) is 1. The van der Waals surface area contributed by atoms with E-state index in [1.54, 1.807) is 13.1 Å². The van der Waals surface area contributed by atoms with Crippen LogP contribution < -0.4 is 5.73 Å². The van der Waals surface area contributed by atoms with E-state index < -0.39 is 0 Å². The Morgan fingerprint density at radius 2 is 2.44 bits per heavy atom. The van der Waals surface area contributed by atoms with Gasteiger partial charge in [-0.05, 0) is 0 Å². The summed E-state index contributed by atoms with van der Waals surface area (Å²) in [4.78, 5) is 3.84. The van der Waals surface area contributed by atoms with Gasteiger partial charge in [-0.2, -0.15) is 0 Å². The molecule has 1 rings (SSSR count). The fourth-order valence-electron chi connectivity index (χ4n) is 0.500. The Morgan fingerprint density at radius 3 is 2.67 bits per heavy atom. The third kappa shape index (κ3) is 2.03. The van der Waals surface area contributed by atoms with Crippen molar-refractivity contribution in [3.05, 3.63) is 17.8 Å². The fraction of sp³-hybridized carbons (Fsp3) is 0.400. The van der Waals surface area contributed by atoms with Crippen molar-refractivity contribution in [2.45, 2.75) is 13.5 Å². The van der Waals surface area contributed by atoms with Crippen LogP contribution in [0.2, 0.25) is 0 Å². The van der Waals surface area contributed by atoms with Crippen LogP contribution >= 0.6 is 12.4 Å². The highest BCUT2D eigenvalue weighted by molar-refractivity contribution is 5.85. The molecule has 0 saturated heterocycles. The molecule has 4 heteroatoms. The lowest BCUT2D eigenvalue weighted by Gasteiger charge is -1.81. The summed E-state index contributed by atoms with van der Waals surface area (Å²) in [7, 11) is 0. The maximum absolute atomic E-state index is 5.23. The molecule has 1 aromatic heterocycles. The molecule has 1 aromatic rings. The zero-order valence-electron chi connectivity index (χ0n) is 5.13. The van der Waals surface area contributed by atoms with E-state index in [0.717, 1.165) is 5.76 Å². The van der Waals surface area contributed by atoms with Crippen LogP contribution in [0.15, 0.2) is 10.6 Å². The van der Waals surface area contributed by atoms with Gasteiger partial charge >= 0.3 is 0 Å². The molecule has 2 N–H and O–H groups in total. The molecule has 0 spiro atoms. The van der Waals surface area contributed by atoms with E-state index in [9.17, 15) is 0 Å². The lowest BCUT2D eigenvalue weighted by Crippen LogP contribution is -1.92. The first-order valence-corrected chi connectivity index (χ1v) is 2.44. The molecule has 52 valence electrons. The number of nitrogens with two attached hydrogens (primary N) is 1. The summed E-state index contributed by atoms with van der Waals surface area (Å²) in [6, 6.07) is 0. The molecule has 0 fully saturated rings. The normalized spacial score (nSPS) is 8.67. The largest absolute Gasteiger partial charge is 0.445 e. The molecule has 0 aromatic carbocycles. The van der Waals surface area contributed by atoms with Crippen LogP contribution in [0, 0.1) is 6.92 Å². The first-order valence-electron chi connectivity index (χ1n) is 2.44. The molecule has 0 aliphatic carbocycles. The van der Waals surface area contributed by atoms with Crippen molar-refractivity contribution >= 4 is 12.4 Å². The maximum atomic E-state index is 5.23. The van der Waals surface area contributed by atoms with E-state index in [4.69, 9.17) is 10.2 Å². The van der Waals surface area contributed by atoms with Crippen LogP contribution in [0.25, 0.3) is 0 Å². The molecule has 0 bridgehead atoms. The number of aromatic nitrogens is 1. The topological polar surface area (TPSA) is 52.0 Å². The number of halogens is 1. The third-order valence-electron chi connectivity index (χ3n) is 0.870. The van der Waals surface area contributed by atoms with Crippen molar-refractivity contribution in [2.24, 2.45) is 5.73 Å². The van der Waals surface area contributed by atoms with Crippen LogP contribution in [-0.2, 0) is 6.54 Å². The van der Waals surface area contributed by atoms with Gasteiger partial charge in [0.25, 0.3) is 0 Å². The van der Waals surface area contributed by atoms with Gasteiger partial charge in [0.05, 0.1) is 12.7 Å². The number of hydrogen-bond acceptors (Lipinski definition) is 3. The maximum Gasteiger partial charge on any atom is 0.191 e. The Morgan fingerprint density at radius 1 is 1.78 bits per heavy atom. The lowest BCUT2D eigenvalue weighted by atomic mass is 10.5.